The number of halogens is 1. The predicted octanol–water partition coefficient (Wildman–Crippen LogP) is 5.14. The number of pyridine rings is 1. The highest BCUT2D eigenvalue weighted by molar-refractivity contribution is 9.10. The largest absolute Gasteiger partial charge is 0.505 e. The lowest BCUT2D eigenvalue weighted by Crippen LogP contribution is -2.29. The van der Waals surface area contributed by atoms with Crippen LogP contribution in [0, 0.1) is 13.8 Å². The van der Waals surface area contributed by atoms with E-state index < -0.39 is 23.7 Å². The van der Waals surface area contributed by atoms with E-state index >= 15 is 0 Å². The van der Waals surface area contributed by atoms with E-state index in [2.05, 4.69) is 32.5 Å². The number of aryl methyl sites for hydroxylation is 2. The molecule has 1 atom stereocenters. The Bertz CT molecular complexity index is 1650. The highest BCUT2D eigenvalue weighted by Crippen LogP contribution is 2.44. The molecule has 1 saturated heterocycles. The van der Waals surface area contributed by atoms with E-state index in [-0.39, 0.29) is 27.9 Å². The van der Waals surface area contributed by atoms with Crippen LogP contribution in [0.2, 0.25) is 0 Å². The number of ether oxygens (including phenoxy) is 1. The van der Waals surface area contributed by atoms with Crippen LogP contribution >= 0.6 is 27.3 Å². The number of esters is 1. The Balaban J connectivity index is 1.71. The zero-order valence-corrected chi connectivity index (χ0v) is 22.7. The Morgan fingerprint density at radius 3 is 2.61 bits per heavy atom. The molecule has 0 bridgehead atoms. The van der Waals surface area contributed by atoms with E-state index in [1.165, 1.54) is 11.0 Å². The summed E-state index contributed by atoms with van der Waals surface area (Å²) < 4.78 is 7.61. The maximum Gasteiger partial charge on any atom is 0.350 e. The van der Waals surface area contributed by atoms with Gasteiger partial charge in [0.2, 0.25) is 0 Å². The molecule has 0 spiro atoms. The molecule has 0 radical (unpaired) electrons. The van der Waals surface area contributed by atoms with Gasteiger partial charge in [0.15, 0.2) is 10.9 Å². The topological polar surface area (TPSA) is 114 Å². The molecule has 1 aliphatic rings. The molecule has 5 rings (SSSR count). The summed E-state index contributed by atoms with van der Waals surface area (Å²) in [6.45, 7) is 6.90. The number of ketones is 1. The summed E-state index contributed by atoms with van der Waals surface area (Å²) in [5.41, 5.74) is 2.21. The highest BCUT2D eigenvalue weighted by atomic mass is 79.9. The standard InChI is InChI=1S/C27H21BrN4O5S/c1-4-13-37-26(36)24-15(3)30-27(38-24)32-21(16-8-10-17(28)11-9-16)19(23(34)25(32)35)22(33)20-14(2)29-18-7-5-6-12-31(18)20/h4-12,21,33H,1,13H2,2-3H3. The maximum atomic E-state index is 13.5. The number of anilines is 1. The van der Waals surface area contributed by atoms with Crippen molar-refractivity contribution in [1.29, 1.82) is 0 Å². The van der Waals surface area contributed by atoms with Gasteiger partial charge in [-0.25, -0.2) is 14.8 Å². The van der Waals surface area contributed by atoms with Crippen LogP contribution in [0.4, 0.5) is 5.13 Å². The van der Waals surface area contributed by atoms with Gasteiger partial charge < -0.3 is 9.84 Å². The third kappa shape index (κ3) is 4.23. The minimum absolute atomic E-state index is 0.0214. The lowest BCUT2D eigenvalue weighted by molar-refractivity contribution is -0.132. The van der Waals surface area contributed by atoms with E-state index in [0.29, 0.717) is 28.3 Å². The van der Waals surface area contributed by atoms with Crippen molar-refractivity contribution in [1.82, 2.24) is 14.4 Å². The van der Waals surface area contributed by atoms with Crippen molar-refractivity contribution in [2.24, 2.45) is 0 Å². The smallest absolute Gasteiger partial charge is 0.350 e. The number of benzene rings is 1. The molecule has 11 heteroatoms. The van der Waals surface area contributed by atoms with Crippen molar-refractivity contribution in [2.45, 2.75) is 19.9 Å². The van der Waals surface area contributed by atoms with Crippen molar-refractivity contribution < 1.29 is 24.2 Å². The molecular formula is C27H21BrN4O5S. The number of aliphatic hydroxyl groups excluding tert-OH is 1. The van der Waals surface area contributed by atoms with Crippen LogP contribution in [0.5, 0.6) is 0 Å². The second kappa shape index (κ2) is 9.99. The molecule has 4 heterocycles. The third-order valence-electron chi connectivity index (χ3n) is 6.07. The van der Waals surface area contributed by atoms with Crippen molar-refractivity contribution in [3.8, 4) is 0 Å². The van der Waals surface area contributed by atoms with Gasteiger partial charge in [-0.1, -0.05) is 58.1 Å². The van der Waals surface area contributed by atoms with E-state index in [9.17, 15) is 19.5 Å². The fraction of sp³-hybridized carbons (Fsp3) is 0.148. The van der Waals surface area contributed by atoms with Gasteiger partial charge in [-0.2, -0.15) is 0 Å². The average Bonchev–Trinajstić information content (AvgIpc) is 3.53. The first-order chi connectivity index (χ1) is 18.2. The molecule has 1 N–H and O–H groups in total. The molecule has 1 fully saturated rings. The van der Waals surface area contributed by atoms with E-state index in [1.807, 2.05) is 6.07 Å². The number of fused-ring (bicyclic) bond motifs is 1. The van der Waals surface area contributed by atoms with E-state index in [4.69, 9.17) is 4.74 Å². The first-order valence-corrected chi connectivity index (χ1v) is 13.1. The molecule has 4 aromatic rings. The van der Waals surface area contributed by atoms with Crippen molar-refractivity contribution in [3.63, 3.8) is 0 Å². The second-order valence-electron chi connectivity index (χ2n) is 8.49. The number of rotatable bonds is 6. The van der Waals surface area contributed by atoms with Crippen molar-refractivity contribution in [2.75, 3.05) is 11.5 Å². The molecule has 1 unspecified atom stereocenters. The Labute approximate surface area is 229 Å². The van der Waals surface area contributed by atoms with Crippen LogP contribution in [0.15, 0.2) is 71.4 Å². The monoisotopic (exact) mass is 592 g/mol. The van der Waals surface area contributed by atoms with Crippen LogP contribution in [0.25, 0.3) is 11.4 Å². The van der Waals surface area contributed by atoms with Crippen LogP contribution in [0.3, 0.4) is 0 Å². The summed E-state index contributed by atoms with van der Waals surface area (Å²) in [6.07, 6.45) is 3.17. The number of carbonyl (C=O) groups excluding carboxylic acids is 3. The number of Topliss-reactive ketones (excluding diaryl/α,β-unsaturated/α-hetero) is 1. The number of nitrogens with zero attached hydrogens (tertiary/aromatic N) is 4. The quantitative estimate of drug-likeness (QED) is 0.108. The molecule has 1 aliphatic heterocycles. The molecule has 3 aromatic heterocycles. The molecule has 38 heavy (non-hydrogen) atoms. The number of amides is 1. The number of hydrogen-bond donors (Lipinski definition) is 1. The summed E-state index contributed by atoms with van der Waals surface area (Å²) in [7, 11) is 0. The molecular weight excluding hydrogens is 572 g/mol. The molecule has 9 nitrogen and oxygen atoms in total. The van der Waals surface area contributed by atoms with E-state index in [0.717, 1.165) is 15.8 Å². The predicted molar refractivity (Wildman–Crippen MR) is 146 cm³/mol. The summed E-state index contributed by atoms with van der Waals surface area (Å²) in [5.74, 6) is -2.70. The normalized spacial score (nSPS) is 16.8. The first-order valence-electron chi connectivity index (χ1n) is 11.5. The Morgan fingerprint density at radius 2 is 1.89 bits per heavy atom. The fourth-order valence-electron chi connectivity index (χ4n) is 4.39. The van der Waals surface area contributed by atoms with Crippen molar-refractivity contribution >= 4 is 61.5 Å². The molecule has 1 amide bonds. The Kier molecular flexibility index (Phi) is 6.72. The van der Waals surface area contributed by atoms with Gasteiger partial charge >= 0.3 is 11.9 Å². The summed E-state index contributed by atoms with van der Waals surface area (Å²) >= 11 is 4.35. The van der Waals surface area contributed by atoms with Crippen LogP contribution in [-0.4, -0.2) is 43.7 Å². The Morgan fingerprint density at radius 1 is 1.16 bits per heavy atom. The van der Waals surface area contributed by atoms with Gasteiger partial charge in [0.1, 0.15) is 22.8 Å². The number of aromatic nitrogens is 3. The lowest BCUT2D eigenvalue weighted by Gasteiger charge is -2.23. The molecule has 0 aliphatic carbocycles. The highest BCUT2D eigenvalue weighted by Gasteiger charge is 2.49. The van der Waals surface area contributed by atoms with Gasteiger partial charge in [0, 0.05) is 10.7 Å². The van der Waals surface area contributed by atoms with Crippen LogP contribution < -0.4 is 4.90 Å². The number of thiazole rings is 1. The number of imidazole rings is 1. The second-order valence-corrected chi connectivity index (χ2v) is 10.4. The fourth-order valence-corrected chi connectivity index (χ4v) is 5.64. The van der Waals surface area contributed by atoms with Gasteiger partial charge in [0.05, 0.1) is 23.0 Å². The van der Waals surface area contributed by atoms with Gasteiger partial charge in [0.25, 0.3) is 5.78 Å². The molecule has 192 valence electrons. The average molecular weight is 593 g/mol. The first kappa shape index (κ1) is 25.6. The van der Waals surface area contributed by atoms with Gasteiger partial charge in [-0.05, 0) is 43.7 Å². The molecule has 0 saturated carbocycles. The lowest BCUT2D eigenvalue weighted by atomic mass is 9.96. The minimum atomic E-state index is -1.00. The zero-order valence-electron chi connectivity index (χ0n) is 20.3. The van der Waals surface area contributed by atoms with Gasteiger partial charge in [-0.15, -0.1) is 0 Å². The van der Waals surface area contributed by atoms with Crippen molar-refractivity contribution in [3.05, 3.63) is 98.9 Å². The molecule has 1 aromatic carbocycles. The Hall–Kier alpha value is -4.09. The SMILES string of the molecule is C=CCOC(=O)c1sc(N2C(=O)C(=O)C(=C(O)c3c(C)nc4ccccn34)C2c2ccc(Br)cc2)nc1C. The van der Waals surface area contributed by atoms with Crippen LogP contribution in [-0.2, 0) is 14.3 Å². The summed E-state index contributed by atoms with van der Waals surface area (Å²) in [5, 5.41) is 11.7. The zero-order chi connectivity index (χ0) is 27.1. The third-order valence-corrected chi connectivity index (χ3v) is 7.73. The van der Waals surface area contributed by atoms with Crippen LogP contribution in [0.1, 0.15) is 38.4 Å². The number of aliphatic hydroxyl groups is 1. The number of hydrogen-bond acceptors (Lipinski definition) is 8. The van der Waals surface area contributed by atoms with E-state index in [1.54, 1.807) is 60.8 Å². The number of carbonyl (C=O) groups is 3. The minimum Gasteiger partial charge on any atom is -0.505 e. The summed E-state index contributed by atoms with van der Waals surface area (Å²) in [6, 6.07) is 11.4. The maximum absolute atomic E-state index is 13.5. The van der Waals surface area contributed by atoms with Gasteiger partial charge in [-0.3, -0.25) is 18.9 Å². The summed E-state index contributed by atoms with van der Waals surface area (Å²) in [4.78, 5) is 49.9.